The maximum atomic E-state index is 9.17. The molecule has 1 heterocycles. The molecule has 1 aromatic rings. The number of halogens is 1. The zero-order chi connectivity index (χ0) is 13.2. The fraction of sp³-hybridized carbons (Fsp3) is 0.571. The van der Waals surface area contributed by atoms with Crippen molar-refractivity contribution in [2.75, 3.05) is 19.8 Å². The molecule has 1 aromatic carbocycles. The number of aliphatic hydroxyl groups is 1. The molecule has 0 unspecified atom stereocenters. The standard InChI is InChI=1S/C14H19BrO3/c1-14(2,4-5-16)10-8-12-13(9-11(10)15)18-7-3-6-17-12/h8-9,16H,3-7H2,1-2H3. The molecule has 1 aliphatic heterocycles. The average Bonchev–Trinajstić information content (AvgIpc) is 2.52. The van der Waals surface area contributed by atoms with E-state index in [1.54, 1.807) is 0 Å². The largest absolute Gasteiger partial charge is 0.490 e. The van der Waals surface area contributed by atoms with Crippen molar-refractivity contribution < 1.29 is 14.6 Å². The Kier molecular flexibility index (Phi) is 4.17. The second-order valence-corrected chi connectivity index (χ2v) is 6.04. The molecular formula is C14H19BrO3. The molecule has 0 aliphatic carbocycles. The van der Waals surface area contributed by atoms with Gasteiger partial charge in [-0.3, -0.25) is 0 Å². The third-order valence-corrected chi connectivity index (χ3v) is 3.96. The van der Waals surface area contributed by atoms with Crippen LogP contribution in [0.4, 0.5) is 0 Å². The van der Waals surface area contributed by atoms with Crippen LogP contribution in [0.25, 0.3) is 0 Å². The summed E-state index contributed by atoms with van der Waals surface area (Å²) < 4.78 is 12.4. The summed E-state index contributed by atoms with van der Waals surface area (Å²) in [5, 5.41) is 9.17. The molecule has 0 saturated heterocycles. The molecule has 4 heteroatoms. The van der Waals surface area contributed by atoms with Gasteiger partial charge in [-0.1, -0.05) is 29.8 Å². The molecule has 0 spiro atoms. The highest BCUT2D eigenvalue weighted by Crippen LogP contribution is 2.41. The van der Waals surface area contributed by atoms with Crippen LogP contribution in [-0.4, -0.2) is 24.9 Å². The number of hydrogen-bond donors (Lipinski definition) is 1. The normalized spacial score (nSPS) is 15.3. The minimum atomic E-state index is -0.0989. The van der Waals surface area contributed by atoms with Crippen molar-refractivity contribution in [2.24, 2.45) is 0 Å². The van der Waals surface area contributed by atoms with E-state index in [1.807, 2.05) is 12.1 Å². The van der Waals surface area contributed by atoms with Crippen LogP contribution in [0.2, 0.25) is 0 Å². The summed E-state index contributed by atoms with van der Waals surface area (Å²) >= 11 is 3.59. The lowest BCUT2D eigenvalue weighted by atomic mass is 9.82. The molecule has 0 atom stereocenters. The van der Waals surface area contributed by atoms with E-state index in [1.165, 1.54) is 0 Å². The number of fused-ring (bicyclic) bond motifs is 1. The van der Waals surface area contributed by atoms with Gasteiger partial charge in [-0.05, 0) is 29.5 Å². The summed E-state index contributed by atoms with van der Waals surface area (Å²) in [5.74, 6) is 1.60. The Hall–Kier alpha value is -0.740. The first kappa shape index (κ1) is 13.7. The van der Waals surface area contributed by atoms with E-state index >= 15 is 0 Å². The molecular weight excluding hydrogens is 296 g/mol. The van der Waals surface area contributed by atoms with Crippen molar-refractivity contribution in [3.63, 3.8) is 0 Å². The van der Waals surface area contributed by atoms with Crippen LogP contribution in [0.15, 0.2) is 16.6 Å². The number of hydrogen-bond acceptors (Lipinski definition) is 3. The van der Waals surface area contributed by atoms with E-state index in [0.717, 1.165) is 28.0 Å². The summed E-state index contributed by atoms with van der Waals surface area (Å²) in [6, 6.07) is 4.00. The molecule has 3 nitrogen and oxygen atoms in total. The number of rotatable bonds is 3. The van der Waals surface area contributed by atoms with Crippen molar-refractivity contribution in [1.82, 2.24) is 0 Å². The monoisotopic (exact) mass is 314 g/mol. The highest BCUT2D eigenvalue weighted by atomic mass is 79.9. The maximum Gasteiger partial charge on any atom is 0.162 e. The Labute approximate surface area is 116 Å². The van der Waals surface area contributed by atoms with Gasteiger partial charge in [-0.15, -0.1) is 0 Å². The van der Waals surface area contributed by atoms with Crippen LogP contribution in [0, 0.1) is 0 Å². The Bertz CT molecular complexity index is 429. The van der Waals surface area contributed by atoms with Crippen LogP contribution in [0.3, 0.4) is 0 Å². The molecule has 0 radical (unpaired) electrons. The molecule has 18 heavy (non-hydrogen) atoms. The topological polar surface area (TPSA) is 38.7 Å². The first-order valence-corrected chi connectivity index (χ1v) is 7.04. The van der Waals surface area contributed by atoms with E-state index in [2.05, 4.69) is 29.8 Å². The average molecular weight is 315 g/mol. The highest BCUT2D eigenvalue weighted by Gasteiger charge is 2.25. The quantitative estimate of drug-likeness (QED) is 0.930. The Balaban J connectivity index is 2.40. The third kappa shape index (κ3) is 2.81. The van der Waals surface area contributed by atoms with Gasteiger partial charge in [0.05, 0.1) is 13.2 Å². The SMILES string of the molecule is CC(C)(CCO)c1cc2c(cc1Br)OCCCO2. The molecule has 2 rings (SSSR count). The molecule has 100 valence electrons. The smallest absolute Gasteiger partial charge is 0.162 e. The Morgan fingerprint density at radius 3 is 2.44 bits per heavy atom. The molecule has 0 amide bonds. The predicted octanol–water partition coefficient (Wildman–Crippen LogP) is 3.27. The van der Waals surface area contributed by atoms with E-state index in [0.29, 0.717) is 19.6 Å². The molecule has 0 fully saturated rings. The van der Waals surface area contributed by atoms with Gasteiger partial charge < -0.3 is 14.6 Å². The summed E-state index contributed by atoms with van der Waals surface area (Å²) in [4.78, 5) is 0. The molecule has 0 saturated carbocycles. The third-order valence-electron chi connectivity index (χ3n) is 3.30. The van der Waals surface area contributed by atoms with E-state index < -0.39 is 0 Å². The van der Waals surface area contributed by atoms with Crippen molar-refractivity contribution >= 4 is 15.9 Å². The molecule has 0 aromatic heterocycles. The maximum absolute atomic E-state index is 9.17. The number of benzene rings is 1. The van der Waals surface area contributed by atoms with E-state index in [4.69, 9.17) is 14.6 Å². The minimum Gasteiger partial charge on any atom is -0.490 e. The van der Waals surface area contributed by atoms with Crippen molar-refractivity contribution in [3.05, 3.63) is 22.2 Å². The lowest BCUT2D eigenvalue weighted by Crippen LogP contribution is -2.19. The first-order chi connectivity index (χ1) is 8.54. The van der Waals surface area contributed by atoms with Crippen LogP contribution in [0.1, 0.15) is 32.3 Å². The van der Waals surface area contributed by atoms with Gasteiger partial charge in [-0.2, -0.15) is 0 Å². The van der Waals surface area contributed by atoms with Crippen LogP contribution in [-0.2, 0) is 5.41 Å². The number of ether oxygens (including phenoxy) is 2. The zero-order valence-electron chi connectivity index (χ0n) is 10.8. The van der Waals surface area contributed by atoms with Gasteiger partial charge in [0.25, 0.3) is 0 Å². The lowest BCUT2D eigenvalue weighted by molar-refractivity contribution is 0.251. The van der Waals surface area contributed by atoms with Crippen LogP contribution >= 0.6 is 15.9 Å². The number of aliphatic hydroxyl groups excluding tert-OH is 1. The summed E-state index contributed by atoms with van der Waals surface area (Å²) in [7, 11) is 0. The van der Waals surface area contributed by atoms with Gasteiger partial charge in [0.2, 0.25) is 0 Å². The van der Waals surface area contributed by atoms with Gasteiger partial charge in [-0.25, -0.2) is 0 Å². The summed E-state index contributed by atoms with van der Waals surface area (Å²) in [6.45, 7) is 5.79. The molecule has 1 aliphatic rings. The summed E-state index contributed by atoms with van der Waals surface area (Å²) in [6.07, 6.45) is 1.62. The fourth-order valence-corrected chi connectivity index (χ4v) is 2.98. The molecule has 1 N–H and O–H groups in total. The Morgan fingerprint density at radius 1 is 1.22 bits per heavy atom. The van der Waals surface area contributed by atoms with Gasteiger partial charge in [0.1, 0.15) is 0 Å². The van der Waals surface area contributed by atoms with Crippen molar-refractivity contribution in [3.8, 4) is 11.5 Å². The summed E-state index contributed by atoms with van der Waals surface area (Å²) in [5.41, 5.74) is 1.04. The van der Waals surface area contributed by atoms with Crippen molar-refractivity contribution in [2.45, 2.75) is 32.1 Å². The minimum absolute atomic E-state index is 0.0989. The highest BCUT2D eigenvalue weighted by molar-refractivity contribution is 9.10. The van der Waals surface area contributed by atoms with Crippen LogP contribution in [0.5, 0.6) is 11.5 Å². The first-order valence-electron chi connectivity index (χ1n) is 6.25. The second-order valence-electron chi connectivity index (χ2n) is 5.19. The van der Waals surface area contributed by atoms with E-state index in [-0.39, 0.29) is 12.0 Å². The van der Waals surface area contributed by atoms with Gasteiger partial charge in [0.15, 0.2) is 11.5 Å². The van der Waals surface area contributed by atoms with Gasteiger partial charge >= 0.3 is 0 Å². The predicted molar refractivity (Wildman–Crippen MR) is 74.5 cm³/mol. The van der Waals surface area contributed by atoms with E-state index in [9.17, 15) is 0 Å². The van der Waals surface area contributed by atoms with Gasteiger partial charge in [0, 0.05) is 17.5 Å². The Morgan fingerprint density at radius 2 is 1.83 bits per heavy atom. The fourth-order valence-electron chi connectivity index (χ4n) is 2.12. The molecule has 0 bridgehead atoms. The zero-order valence-corrected chi connectivity index (χ0v) is 12.4. The lowest BCUT2D eigenvalue weighted by Gasteiger charge is -2.26. The van der Waals surface area contributed by atoms with Crippen LogP contribution < -0.4 is 9.47 Å². The van der Waals surface area contributed by atoms with Crippen molar-refractivity contribution in [1.29, 1.82) is 0 Å². The second kappa shape index (κ2) is 5.49.